The molecular formula is C21H27N3O2. The number of likely N-dealkylation sites (N-methyl/N-ethyl adjacent to an activating group) is 1. The van der Waals surface area contributed by atoms with Crippen molar-refractivity contribution in [1.82, 2.24) is 5.32 Å². The number of hydrogen-bond acceptors (Lipinski definition) is 3. The largest absolute Gasteiger partial charge is 0.373 e. The van der Waals surface area contributed by atoms with Gasteiger partial charge in [0.25, 0.3) is 5.91 Å². The van der Waals surface area contributed by atoms with E-state index in [1.165, 1.54) is 0 Å². The van der Waals surface area contributed by atoms with E-state index in [-0.39, 0.29) is 11.8 Å². The Morgan fingerprint density at radius 2 is 1.69 bits per heavy atom. The van der Waals surface area contributed by atoms with Gasteiger partial charge in [0.05, 0.1) is 0 Å². The highest BCUT2D eigenvalue weighted by molar-refractivity contribution is 5.98. The molecule has 0 aliphatic carbocycles. The Hall–Kier alpha value is -2.82. The summed E-state index contributed by atoms with van der Waals surface area (Å²) in [5.41, 5.74) is 1.77. The molecule has 0 aromatic heterocycles. The van der Waals surface area contributed by atoms with Crippen molar-refractivity contribution in [3.63, 3.8) is 0 Å². The fraction of sp³-hybridized carbons (Fsp3) is 0.333. The average Bonchev–Trinajstić information content (AvgIpc) is 2.61. The Morgan fingerprint density at radius 1 is 1.00 bits per heavy atom. The molecule has 26 heavy (non-hydrogen) atoms. The van der Waals surface area contributed by atoms with Crippen LogP contribution in [0.15, 0.2) is 54.6 Å². The molecule has 0 bridgehead atoms. The molecule has 0 heterocycles. The second-order valence-electron chi connectivity index (χ2n) is 7.30. The van der Waals surface area contributed by atoms with E-state index in [9.17, 15) is 9.59 Å². The normalized spacial score (nSPS) is 10.9. The van der Waals surface area contributed by atoms with E-state index in [4.69, 9.17) is 0 Å². The molecule has 2 amide bonds. The summed E-state index contributed by atoms with van der Waals surface area (Å²) < 4.78 is 0. The first-order valence-electron chi connectivity index (χ1n) is 8.73. The maximum atomic E-state index is 12.4. The first-order valence-corrected chi connectivity index (χ1v) is 8.73. The zero-order valence-electron chi connectivity index (χ0n) is 15.9. The van der Waals surface area contributed by atoms with Crippen molar-refractivity contribution < 1.29 is 9.59 Å². The Labute approximate surface area is 155 Å². The summed E-state index contributed by atoms with van der Waals surface area (Å²) >= 11 is 0. The Bertz CT molecular complexity index is 751. The molecule has 0 spiro atoms. The SMILES string of the molecule is CN(CCNC(=O)c1cccc(NC(=O)C(C)(C)C)c1)c1ccccc1. The number of rotatable bonds is 6. The van der Waals surface area contributed by atoms with Crippen molar-refractivity contribution >= 4 is 23.2 Å². The summed E-state index contributed by atoms with van der Waals surface area (Å²) in [6, 6.07) is 17.0. The third-order valence-corrected chi connectivity index (χ3v) is 3.99. The standard InChI is InChI=1S/C21H27N3O2/c1-21(2,3)20(26)23-17-10-8-9-16(15-17)19(25)22-13-14-24(4)18-11-6-5-7-12-18/h5-12,15H,13-14H2,1-4H3,(H,22,25)(H,23,26). The summed E-state index contributed by atoms with van der Waals surface area (Å²) in [6.45, 7) is 6.78. The first-order chi connectivity index (χ1) is 12.3. The number of benzene rings is 2. The van der Waals surface area contributed by atoms with Gasteiger partial charge in [0, 0.05) is 42.5 Å². The van der Waals surface area contributed by atoms with Crippen LogP contribution in [0.5, 0.6) is 0 Å². The quantitative estimate of drug-likeness (QED) is 0.835. The van der Waals surface area contributed by atoms with Gasteiger partial charge in [-0.05, 0) is 30.3 Å². The Kier molecular flexibility index (Phi) is 6.39. The average molecular weight is 353 g/mol. The van der Waals surface area contributed by atoms with Crippen molar-refractivity contribution in [3.05, 3.63) is 60.2 Å². The molecule has 2 N–H and O–H groups in total. The topological polar surface area (TPSA) is 61.4 Å². The molecule has 5 heteroatoms. The van der Waals surface area contributed by atoms with Crippen molar-refractivity contribution in [3.8, 4) is 0 Å². The lowest BCUT2D eigenvalue weighted by Gasteiger charge is -2.19. The van der Waals surface area contributed by atoms with Gasteiger partial charge in [0.2, 0.25) is 5.91 Å². The summed E-state index contributed by atoms with van der Waals surface area (Å²) in [6.07, 6.45) is 0. The molecule has 138 valence electrons. The van der Waals surface area contributed by atoms with Gasteiger partial charge < -0.3 is 15.5 Å². The van der Waals surface area contributed by atoms with E-state index in [1.807, 2.05) is 58.2 Å². The molecule has 0 saturated carbocycles. The Balaban J connectivity index is 1.89. The predicted molar refractivity (Wildman–Crippen MR) is 107 cm³/mol. The van der Waals surface area contributed by atoms with E-state index in [1.54, 1.807) is 24.3 Å². The van der Waals surface area contributed by atoms with E-state index in [0.717, 1.165) is 5.69 Å². The van der Waals surface area contributed by atoms with E-state index in [0.29, 0.717) is 24.3 Å². The highest BCUT2D eigenvalue weighted by Gasteiger charge is 2.21. The van der Waals surface area contributed by atoms with Crippen molar-refractivity contribution in [2.45, 2.75) is 20.8 Å². The lowest BCUT2D eigenvalue weighted by Crippen LogP contribution is -2.33. The minimum atomic E-state index is -0.486. The monoisotopic (exact) mass is 353 g/mol. The van der Waals surface area contributed by atoms with Gasteiger partial charge in [-0.15, -0.1) is 0 Å². The third kappa shape index (κ3) is 5.62. The number of carbonyl (C=O) groups is 2. The molecule has 0 fully saturated rings. The van der Waals surface area contributed by atoms with Crippen LogP contribution >= 0.6 is 0 Å². The molecule has 2 rings (SSSR count). The maximum Gasteiger partial charge on any atom is 0.251 e. The zero-order valence-corrected chi connectivity index (χ0v) is 15.9. The van der Waals surface area contributed by atoms with Crippen LogP contribution in [0.25, 0.3) is 0 Å². The van der Waals surface area contributed by atoms with Crippen LogP contribution in [-0.4, -0.2) is 32.0 Å². The molecule has 0 unspecified atom stereocenters. The van der Waals surface area contributed by atoms with Crippen molar-refractivity contribution in [2.75, 3.05) is 30.4 Å². The number of carbonyl (C=O) groups excluding carboxylic acids is 2. The van der Waals surface area contributed by atoms with Crippen LogP contribution in [0.1, 0.15) is 31.1 Å². The molecule has 2 aromatic carbocycles. The lowest BCUT2D eigenvalue weighted by molar-refractivity contribution is -0.123. The van der Waals surface area contributed by atoms with Crippen LogP contribution in [-0.2, 0) is 4.79 Å². The van der Waals surface area contributed by atoms with Gasteiger partial charge in [-0.25, -0.2) is 0 Å². The summed E-state index contributed by atoms with van der Waals surface area (Å²) in [4.78, 5) is 26.5. The van der Waals surface area contributed by atoms with Gasteiger partial charge >= 0.3 is 0 Å². The van der Waals surface area contributed by atoms with Gasteiger partial charge in [-0.1, -0.05) is 45.0 Å². The minimum absolute atomic E-state index is 0.0838. The van der Waals surface area contributed by atoms with E-state index < -0.39 is 5.41 Å². The van der Waals surface area contributed by atoms with E-state index >= 15 is 0 Å². The predicted octanol–water partition coefficient (Wildman–Crippen LogP) is 3.54. The van der Waals surface area contributed by atoms with Crippen LogP contribution in [0, 0.1) is 5.41 Å². The molecule has 5 nitrogen and oxygen atoms in total. The smallest absolute Gasteiger partial charge is 0.251 e. The van der Waals surface area contributed by atoms with Crippen LogP contribution in [0.3, 0.4) is 0 Å². The second-order valence-corrected chi connectivity index (χ2v) is 7.30. The number of para-hydroxylation sites is 1. The van der Waals surface area contributed by atoms with Gasteiger partial charge in [-0.3, -0.25) is 9.59 Å². The fourth-order valence-electron chi connectivity index (χ4n) is 2.31. The molecule has 0 aliphatic rings. The first kappa shape index (κ1) is 19.5. The second kappa shape index (κ2) is 8.52. The molecule has 0 radical (unpaired) electrons. The number of hydrogen-bond donors (Lipinski definition) is 2. The summed E-state index contributed by atoms with van der Waals surface area (Å²) in [5.74, 6) is -0.238. The van der Waals surface area contributed by atoms with Gasteiger partial charge in [0.1, 0.15) is 0 Å². The van der Waals surface area contributed by atoms with Crippen molar-refractivity contribution in [1.29, 1.82) is 0 Å². The van der Waals surface area contributed by atoms with Crippen LogP contribution in [0.4, 0.5) is 11.4 Å². The molecular weight excluding hydrogens is 326 g/mol. The van der Waals surface area contributed by atoms with Crippen molar-refractivity contribution in [2.24, 2.45) is 5.41 Å². The summed E-state index contributed by atoms with van der Waals surface area (Å²) in [7, 11) is 1.99. The third-order valence-electron chi connectivity index (χ3n) is 3.99. The highest BCUT2D eigenvalue weighted by atomic mass is 16.2. The number of amides is 2. The number of nitrogens with one attached hydrogen (secondary N) is 2. The fourth-order valence-corrected chi connectivity index (χ4v) is 2.31. The summed E-state index contributed by atoms with van der Waals surface area (Å²) in [5, 5.41) is 5.76. The number of nitrogens with zero attached hydrogens (tertiary/aromatic N) is 1. The van der Waals surface area contributed by atoms with Gasteiger partial charge in [0.15, 0.2) is 0 Å². The lowest BCUT2D eigenvalue weighted by atomic mass is 9.95. The zero-order chi connectivity index (χ0) is 19.2. The van der Waals surface area contributed by atoms with Gasteiger partial charge in [-0.2, -0.15) is 0 Å². The Morgan fingerprint density at radius 3 is 2.35 bits per heavy atom. The molecule has 0 atom stereocenters. The maximum absolute atomic E-state index is 12.4. The number of anilines is 2. The molecule has 0 saturated heterocycles. The van der Waals surface area contributed by atoms with E-state index in [2.05, 4.69) is 15.5 Å². The van der Waals surface area contributed by atoms with Crippen LogP contribution in [0.2, 0.25) is 0 Å². The highest BCUT2D eigenvalue weighted by Crippen LogP contribution is 2.18. The molecule has 0 aliphatic heterocycles. The van der Waals surface area contributed by atoms with Crippen LogP contribution < -0.4 is 15.5 Å². The minimum Gasteiger partial charge on any atom is -0.373 e. The molecule has 2 aromatic rings.